The average Bonchev–Trinajstić information content (AvgIpc) is 2.47. The molecule has 1 N–H and O–H groups in total. The van der Waals surface area contributed by atoms with Gasteiger partial charge in [-0.15, -0.1) is 0 Å². The second-order valence-corrected chi connectivity index (χ2v) is 5.59. The summed E-state index contributed by atoms with van der Waals surface area (Å²) < 4.78 is 14.7. The molecule has 0 bridgehead atoms. The van der Waals surface area contributed by atoms with Gasteiger partial charge >= 0.3 is 0 Å². The van der Waals surface area contributed by atoms with Crippen molar-refractivity contribution in [2.75, 3.05) is 11.9 Å². The van der Waals surface area contributed by atoms with Gasteiger partial charge in [-0.1, -0.05) is 31.5 Å². The van der Waals surface area contributed by atoms with Gasteiger partial charge in [0, 0.05) is 13.0 Å². The number of hydrogen-bond acceptors (Lipinski definition) is 3. The van der Waals surface area contributed by atoms with Crippen molar-refractivity contribution >= 4 is 21.7 Å². The molecule has 112 valence electrons. The van der Waals surface area contributed by atoms with Gasteiger partial charge in [-0.05, 0) is 40.9 Å². The number of aryl methyl sites for hydroxylation is 1. The van der Waals surface area contributed by atoms with Crippen LogP contribution in [0.3, 0.4) is 0 Å². The van der Waals surface area contributed by atoms with Crippen molar-refractivity contribution < 1.29 is 4.39 Å². The Labute approximate surface area is 133 Å². The second kappa shape index (κ2) is 7.50. The molecule has 0 saturated heterocycles. The first-order valence-electron chi connectivity index (χ1n) is 7.18. The number of benzene rings is 1. The zero-order chi connectivity index (χ0) is 15.2. The Hall–Kier alpha value is -1.49. The van der Waals surface area contributed by atoms with Crippen molar-refractivity contribution in [3.05, 3.63) is 51.6 Å². The van der Waals surface area contributed by atoms with Crippen LogP contribution in [-0.2, 0) is 12.8 Å². The maximum Gasteiger partial charge on any atom is 0.144 e. The summed E-state index contributed by atoms with van der Waals surface area (Å²) in [5.74, 6) is 1.20. The van der Waals surface area contributed by atoms with Crippen LogP contribution in [0.5, 0.6) is 0 Å². The van der Waals surface area contributed by atoms with E-state index in [0.29, 0.717) is 17.8 Å². The minimum absolute atomic E-state index is 0.217. The van der Waals surface area contributed by atoms with Crippen molar-refractivity contribution in [3.8, 4) is 0 Å². The molecule has 0 unspecified atom stereocenters. The van der Waals surface area contributed by atoms with Crippen LogP contribution in [0.1, 0.15) is 37.4 Å². The molecule has 1 aromatic heterocycles. The molecule has 0 aliphatic rings. The molecule has 0 aliphatic carbocycles. The third-order valence-corrected chi connectivity index (χ3v) is 3.94. The fourth-order valence-electron chi connectivity index (χ4n) is 2.12. The van der Waals surface area contributed by atoms with Crippen LogP contribution in [-0.4, -0.2) is 16.5 Å². The third kappa shape index (κ3) is 4.00. The summed E-state index contributed by atoms with van der Waals surface area (Å²) in [5, 5.41) is 3.22. The van der Waals surface area contributed by atoms with E-state index in [1.165, 1.54) is 6.07 Å². The summed E-state index contributed by atoms with van der Waals surface area (Å²) in [6, 6.07) is 6.75. The van der Waals surface area contributed by atoms with E-state index in [4.69, 9.17) is 0 Å². The van der Waals surface area contributed by atoms with Crippen LogP contribution in [0, 0.1) is 5.82 Å². The van der Waals surface area contributed by atoms with E-state index < -0.39 is 0 Å². The van der Waals surface area contributed by atoms with E-state index in [0.717, 1.165) is 35.4 Å². The second-order valence-electron chi connectivity index (χ2n) is 4.80. The molecule has 0 spiro atoms. The first kappa shape index (κ1) is 15.9. The van der Waals surface area contributed by atoms with Crippen LogP contribution in [0.25, 0.3) is 0 Å². The van der Waals surface area contributed by atoms with Gasteiger partial charge in [0.05, 0.1) is 10.2 Å². The lowest BCUT2D eigenvalue weighted by Gasteiger charge is -2.12. The largest absolute Gasteiger partial charge is 0.369 e. The van der Waals surface area contributed by atoms with E-state index in [9.17, 15) is 4.39 Å². The van der Waals surface area contributed by atoms with Crippen LogP contribution >= 0.6 is 15.9 Å². The zero-order valence-corrected chi connectivity index (χ0v) is 13.9. The highest BCUT2D eigenvalue weighted by atomic mass is 79.9. The Morgan fingerprint density at radius 3 is 2.62 bits per heavy atom. The number of nitrogens with zero attached hydrogens (tertiary/aromatic N) is 2. The fourth-order valence-corrected chi connectivity index (χ4v) is 2.64. The Morgan fingerprint density at radius 2 is 1.95 bits per heavy atom. The number of hydrogen-bond donors (Lipinski definition) is 1. The molecule has 0 aliphatic heterocycles. The molecule has 0 saturated carbocycles. The van der Waals surface area contributed by atoms with Crippen molar-refractivity contribution in [1.29, 1.82) is 0 Å². The number of aromatic nitrogens is 2. The smallest absolute Gasteiger partial charge is 0.144 e. The van der Waals surface area contributed by atoms with Crippen molar-refractivity contribution in [2.45, 2.75) is 33.1 Å². The lowest BCUT2D eigenvalue weighted by molar-refractivity contribution is 0.611. The van der Waals surface area contributed by atoms with E-state index in [1.807, 2.05) is 13.0 Å². The number of halogens is 2. The standard InChI is InChI=1S/C16H19BrFN3/c1-3-7-13-15(17)16(19-4-2)21-14(20-13)10-11-8-5-6-9-12(11)18/h5-6,8-9H,3-4,7,10H2,1-2H3,(H,19,20,21). The van der Waals surface area contributed by atoms with Crippen molar-refractivity contribution in [3.63, 3.8) is 0 Å². The quantitative estimate of drug-likeness (QED) is 0.840. The molecule has 2 rings (SSSR count). The van der Waals surface area contributed by atoms with Gasteiger partial charge in [-0.25, -0.2) is 14.4 Å². The predicted octanol–water partition coefficient (Wildman–Crippen LogP) is 4.35. The van der Waals surface area contributed by atoms with Gasteiger partial charge in [0.15, 0.2) is 0 Å². The SMILES string of the molecule is CCCc1nc(Cc2ccccc2F)nc(NCC)c1Br. The predicted molar refractivity (Wildman–Crippen MR) is 87.1 cm³/mol. The highest BCUT2D eigenvalue weighted by molar-refractivity contribution is 9.10. The molecule has 0 radical (unpaired) electrons. The minimum atomic E-state index is -0.217. The van der Waals surface area contributed by atoms with Crippen molar-refractivity contribution in [1.82, 2.24) is 9.97 Å². The topological polar surface area (TPSA) is 37.8 Å². The van der Waals surface area contributed by atoms with Crippen LogP contribution in [0.15, 0.2) is 28.7 Å². The Balaban J connectivity index is 2.36. The number of anilines is 1. The molecule has 0 atom stereocenters. The maximum absolute atomic E-state index is 13.8. The minimum Gasteiger partial charge on any atom is -0.369 e. The molecular formula is C16H19BrFN3. The zero-order valence-electron chi connectivity index (χ0n) is 12.3. The van der Waals surface area contributed by atoms with Crippen LogP contribution in [0.4, 0.5) is 10.2 Å². The lowest BCUT2D eigenvalue weighted by atomic mass is 10.1. The first-order valence-corrected chi connectivity index (χ1v) is 7.97. The molecule has 1 aromatic carbocycles. The van der Waals surface area contributed by atoms with Gasteiger partial charge in [0.25, 0.3) is 0 Å². The van der Waals surface area contributed by atoms with Crippen LogP contribution in [0.2, 0.25) is 0 Å². The summed E-state index contributed by atoms with van der Waals surface area (Å²) in [7, 11) is 0. The van der Waals surface area contributed by atoms with E-state index in [2.05, 4.69) is 38.1 Å². The molecule has 1 heterocycles. The Kier molecular flexibility index (Phi) is 5.67. The van der Waals surface area contributed by atoms with Crippen LogP contribution < -0.4 is 5.32 Å². The summed E-state index contributed by atoms with van der Waals surface area (Å²) in [5.41, 5.74) is 1.58. The molecule has 5 heteroatoms. The molecule has 3 nitrogen and oxygen atoms in total. The van der Waals surface area contributed by atoms with Crippen molar-refractivity contribution in [2.24, 2.45) is 0 Å². The Morgan fingerprint density at radius 1 is 1.19 bits per heavy atom. The molecule has 0 fully saturated rings. The number of nitrogens with one attached hydrogen (secondary N) is 1. The molecule has 21 heavy (non-hydrogen) atoms. The highest BCUT2D eigenvalue weighted by Gasteiger charge is 2.13. The molecular weight excluding hydrogens is 333 g/mol. The van der Waals surface area contributed by atoms with Gasteiger partial charge in [-0.2, -0.15) is 0 Å². The highest BCUT2D eigenvalue weighted by Crippen LogP contribution is 2.25. The van der Waals surface area contributed by atoms with Gasteiger partial charge < -0.3 is 5.32 Å². The summed E-state index contributed by atoms with van der Waals surface area (Å²) >= 11 is 3.56. The van der Waals surface area contributed by atoms with Gasteiger partial charge in [0.2, 0.25) is 0 Å². The first-order chi connectivity index (χ1) is 10.2. The lowest BCUT2D eigenvalue weighted by Crippen LogP contribution is -2.09. The van der Waals surface area contributed by atoms with E-state index in [1.54, 1.807) is 12.1 Å². The van der Waals surface area contributed by atoms with E-state index >= 15 is 0 Å². The van der Waals surface area contributed by atoms with E-state index in [-0.39, 0.29) is 5.82 Å². The fraction of sp³-hybridized carbons (Fsp3) is 0.375. The Bertz CT molecular complexity index is 589. The monoisotopic (exact) mass is 351 g/mol. The maximum atomic E-state index is 13.8. The summed E-state index contributed by atoms with van der Waals surface area (Å²) in [4.78, 5) is 9.08. The normalized spacial score (nSPS) is 10.7. The van der Waals surface area contributed by atoms with Gasteiger partial charge in [0.1, 0.15) is 17.5 Å². The summed E-state index contributed by atoms with van der Waals surface area (Å²) in [6.07, 6.45) is 2.27. The molecule has 2 aromatic rings. The molecule has 0 amide bonds. The third-order valence-electron chi connectivity index (χ3n) is 3.10. The van der Waals surface area contributed by atoms with Gasteiger partial charge in [-0.3, -0.25) is 0 Å². The number of rotatable bonds is 6. The average molecular weight is 352 g/mol. The summed E-state index contributed by atoms with van der Waals surface area (Å²) in [6.45, 7) is 4.91.